The second-order valence-corrected chi connectivity index (χ2v) is 7.48. The minimum Gasteiger partial charge on any atom is -0.508 e. The van der Waals surface area contributed by atoms with Gasteiger partial charge in [0.25, 0.3) is 0 Å². The largest absolute Gasteiger partial charge is 0.508 e. The average molecular weight is 408 g/mol. The Labute approximate surface area is 172 Å². The average Bonchev–Trinajstić information content (AvgIpc) is 2.92. The van der Waals surface area contributed by atoms with Crippen molar-refractivity contribution < 1.29 is 15.0 Å². The molecule has 0 bridgehead atoms. The molecule has 0 spiro atoms. The predicted molar refractivity (Wildman–Crippen MR) is 111 cm³/mol. The minimum absolute atomic E-state index is 0.140. The summed E-state index contributed by atoms with van der Waals surface area (Å²) in [6.45, 7) is 4.16. The molecule has 3 aromatic rings. The van der Waals surface area contributed by atoms with Crippen molar-refractivity contribution in [1.29, 1.82) is 5.26 Å². The summed E-state index contributed by atoms with van der Waals surface area (Å²) in [5.41, 5.74) is 3.02. The third-order valence-electron chi connectivity index (χ3n) is 4.50. The molecule has 2 aromatic heterocycles. The Balaban J connectivity index is 1.72. The topological polar surface area (TPSA) is 111 Å². The first kappa shape index (κ1) is 20.3. The summed E-state index contributed by atoms with van der Waals surface area (Å²) in [7, 11) is 0. The van der Waals surface area contributed by atoms with E-state index in [0.29, 0.717) is 17.9 Å². The molecule has 1 aromatic carbocycles. The van der Waals surface area contributed by atoms with E-state index in [4.69, 9.17) is 5.26 Å². The molecule has 0 radical (unpaired) electrons. The number of carbonyl (C=O) groups is 1. The third-order valence-corrected chi connectivity index (χ3v) is 5.70. The maximum absolute atomic E-state index is 12.3. The van der Waals surface area contributed by atoms with E-state index in [1.54, 1.807) is 41.0 Å². The van der Waals surface area contributed by atoms with Gasteiger partial charge in [0.05, 0.1) is 22.9 Å². The molecule has 0 aliphatic heterocycles. The first-order valence-electron chi connectivity index (χ1n) is 8.84. The highest BCUT2D eigenvalue weighted by Gasteiger charge is 2.19. The molecule has 29 heavy (non-hydrogen) atoms. The summed E-state index contributed by atoms with van der Waals surface area (Å²) in [4.78, 5) is 16.3. The van der Waals surface area contributed by atoms with Gasteiger partial charge in [-0.1, -0.05) is 23.9 Å². The molecule has 3 N–H and O–H groups in total. The molecule has 0 saturated carbocycles. The normalized spacial score (nSPS) is 10.5. The number of nitrogens with zero attached hydrogens (tertiary/aromatic N) is 3. The van der Waals surface area contributed by atoms with Crippen molar-refractivity contribution in [3.8, 4) is 17.7 Å². The zero-order chi connectivity index (χ0) is 21.0. The Kier molecular flexibility index (Phi) is 6.10. The van der Waals surface area contributed by atoms with E-state index in [1.807, 2.05) is 19.9 Å². The number of phenols is 1. The summed E-state index contributed by atoms with van der Waals surface area (Å²) < 4.78 is 1.76. The summed E-state index contributed by atoms with van der Waals surface area (Å²) >= 11 is 1.33. The van der Waals surface area contributed by atoms with Crippen LogP contribution in [0.2, 0.25) is 0 Å². The molecular weight excluding hydrogens is 388 g/mol. The van der Waals surface area contributed by atoms with Crippen molar-refractivity contribution in [2.24, 2.45) is 0 Å². The number of aromatic nitrogens is 2. The maximum atomic E-state index is 12.3. The van der Waals surface area contributed by atoms with Crippen LogP contribution in [0.3, 0.4) is 0 Å². The summed E-state index contributed by atoms with van der Waals surface area (Å²) in [6.07, 6.45) is 1.40. The van der Waals surface area contributed by atoms with E-state index in [9.17, 15) is 15.0 Å². The lowest BCUT2D eigenvalue weighted by Gasteiger charge is -2.11. The lowest BCUT2D eigenvalue weighted by atomic mass is 10.2. The number of nitriles is 1. The van der Waals surface area contributed by atoms with Crippen molar-refractivity contribution in [2.45, 2.75) is 25.4 Å². The van der Waals surface area contributed by atoms with E-state index in [2.05, 4.69) is 10.3 Å². The number of phenolic OH excluding ortho intramolecular Hbond substituents is 1. The van der Waals surface area contributed by atoms with Crippen LogP contribution in [0.15, 0.2) is 47.6 Å². The van der Waals surface area contributed by atoms with E-state index < -0.39 is 0 Å². The molecule has 2 heterocycles. The summed E-state index contributed by atoms with van der Waals surface area (Å²) in [5, 5.41) is 32.3. The van der Waals surface area contributed by atoms with Crippen LogP contribution < -0.4 is 5.32 Å². The van der Waals surface area contributed by atoms with Gasteiger partial charge in [-0.15, -0.1) is 0 Å². The number of thioether (sulfide) groups is 1. The highest BCUT2D eigenvalue weighted by Crippen LogP contribution is 2.35. The van der Waals surface area contributed by atoms with Gasteiger partial charge < -0.3 is 20.1 Å². The molecule has 0 atom stereocenters. The SMILES string of the molecule is Cc1c(C)c(SCC(=O)Nc2ccc(C#N)cn2)n(Cc2ccc(O)cc2)c1O. The lowest BCUT2D eigenvalue weighted by molar-refractivity contribution is -0.113. The second-order valence-electron chi connectivity index (χ2n) is 6.51. The summed E-state index contributed by atoms with van der Waals surface area (Å²) in [5.74, 6) is 0.625. The number of benzene rings is 1. The van der Waals surface area contributed by atoms with Gasteiger partial charge in [-0.2, -0.15) is 5.26 Å². The zero-order valence-electron chi connectivity index (χ0n) is 16.0. The molecule has 148 valence electrons. The van der Waals surface area contributed by atoms with Crippen molar-refractivity contribution >= 4 is 23.5 Å². The standard InChI is InChI=1S/C21H20N4O3S/c1-13-14(2)21(25(20(13)28)11-15-3-6-17(26)7-4-15)29-12-19(27)24-18-8-5-16(9-22)10-23-18/h3-8,10,26,28H,11-12H2,1-2H3,(H,23,24,27). The molecule has 0 aliphatic carbocycles. The number of aromatic hydroxyl groups is 2. The number of pyridine rings is 1. The quantitative estimate of drug-likeness (QED) is 0.538. The van der Waals surface area contributed by atoms with Crippen LogP contribution in [0.5, 0.6) is 11.6 Å². The van der Waals surface area contributed by atoms with Gasteiger partial charge in [0, 0.05) is 11.8 Å². The van der Waals surface area contributed by atoms with Crippen LogP contribution in [0, 0.1) is 25.2 Å². The van der Waals surface area contributed by atoms with Gasteiger partial charge in [0.1, 0.15) is 17.6 Å². The highest BCUT2D eigenvalue weighted by atomic mass is 32.2. The van der Waals surface area contributed by atoms with Gasteiger partial charge in [0.2, 0.25) is 5.91 Å². The van der Waals surface area contributed by atoms with Crippen molar-refractivity contribution in [3.63, 3.8) is 0 Å². The van der Waals surface area contributed by atoms with Crippen LogP contribution in [-0.4, -0.2) is 31.4 Å². The fourth-order valence-electron chi connectivity index (χ4n) is 2.79. The maximum Gasteiger partial charge on any atom is 0.235 e. The number of amides is 1. The first-order chi connectivity index (χ1) is 13.9. The van der Waals surface area contributed by atoms with Crippen LogP contribution in [0.4, 0.5) is 5.82 Å². The fourth-order valence-corrected chi connectivity index (χ4v) is 3.81. The number of rotatable bonds is 6. The van der Waals surface area contributed by atoms with E-state index >= 15 is 0 Å². The molecule has 8 heteroatoms. The van der Waals surface area contributed by atoms with Gasteiger partial charge >= 0.3 is 0 Å². The van der Waals surface area contributed by atoms with Gasteiger partial charge in [-0.3, -0.25) is 4.79 Å². The number of anilines is 1. The van der Waals surface area contributed by atoms with Crippen LogP contribution in [-0.2, 0) is 11.3 Å². The second kappa shape index (κ2) is 8.71. The minimum atomic E-state index is -0.235. The van der Waals surface area contributed by atoms with Crippen LogP contribution >= 0.6 is 11.8 Å². The van der Waals surface area contributed by atoms with Crippen LogP contribution in [0.1, 0.15) is 22.3 Å². The van der Waals surface area contributed by atoms with Gasteiger partial charge in [-0.25, -0.2) is 4.98 Å². The first-order valence-corrected chi connectivity index (χ1v) is 9.83. The molecule has 0 saturated heterocycles. The van der Waals surface area contributed by atoms with Crippen molar-refractivity contribution in [1.82, 2.24) is 9.55 Å². The van der Waals surface area contributed by atoms with Crippen LogP contribution in [0.25, 0.3) is 0 Å². The van der Waals surface area contributed by atoms with E-state index in [1.165, 1.54) is 18.0 Å². The highest BCUT2D eigenvalue weighted by molar-refractivity contribution is 8.00. The Bertz CT molecular complexity index is 1070. The number of hydrogen-bond donors (Lipinski definition) is 3. The Hall–Kier alpha value is -3.44. The molecule has 0 aliphatic rings. The Morgan fingerprint density at radius 1 is 1.17 bits per heavy atom. The summed E-state index contributed by atoms with van der Waals surface area (Å²) in [6, 6.07) is 11.9. The number of hydrogen-bond acceptors (Lipinski definition) is 6. The number of nitrogens with one attached hydrogen (secondary N) is 1. The van der Waals surface area contributed by atoms with E-state index in [-0.39, 0.29) is 23.3 Å². The third kappa shape index (κ3) is 4.70. The van der Waals surface area contributed by atoms with Gasteiger partial charge in [0.15, 0.2) is 5.88 Å². The molecule has 1 amide bonds. The number of carbonyl (C=O) groups excluding carboxylic acids is 1. The zero-order valence-corrected chi connectivity index (χ0v) is 16.8. The molecule has 0 unspecified atom stereocenters. The van der Waals surface area contributed by atoms with Crippen molar-refractivity contribution in [2.75, 3.05) is 11.1 Å². The Morgan fingerprint density at radius 2 is 1.90 bits per heavy atom. The van der Waals surface area contributed by atoms with Gasteiger partial charge in [-0.05, 0) is 49.2 Å². The van der Waals surface area contributed by atoms with Crippen molar-refractivity contribution in [3.05, 3.63) is 64.8 Å². The molecular formula is C21H20N4O3S. The molecule has 3 rings (SSSR count). The Morgan fingerprint density at radius 3 is 2.52 bits per heavy atom. The monoisotopic (exact) mass is 408 g/mol. The fraction of sp³-hybridized carbons (Fsp3) is 0.190. The molecule has 7 nitrogen and oxygen atoms in total. The molecule has 0 fully saturated rings. The lowest BCUT2D eigenvalue weighted by Crippen LogP contribution is -2.15. The smallest absolute Gasteiger partial charge is 0.235 e. The predicted octanol–water partition coefficient (Wildman–Crippen LogP) is 3.56. The van der Waals surface area contributed by atoms with E-state index in [0.717, 1.165) is 21.7 Å².